The molecule has 1 aromatic carbocycles. The molecule has 0 spiro atoms. The number of nitrogens with one attached hydrogen (secondary N) is 2. The third kappa shape index (κ3) is 3.43. The van der Waals surface area contributed by atoms with Crippen LogP contribution in [0.2, 0.25) is 0 Å². The number of rotatable bonds is 6. The Balaban J connectivity index is 1.63. The number of piperazine rings is 1. The van der Waals surface area contributed by atoms with Gasteiger partial charge in [0.15, 0.2) is 11.5 Å². The molecule has 7 heteroatoms. The van der Waals surface area contributed by atoms with Gasteiger partial charge in [-0.15, -0.1) is 0 Å². The van der Waals surface area contributed by atoms with Crippen LogP contribution in [0.5, 0.6) is 17.2 Å². The molecule has 154 valence electrons. The van der Waals surface area contributed by atoms with Gasteiger partial charge in [-0.2, -0.15) is 0 Å². The largest absolute Gasteiger partial charge is 0.493 e. The van der Waals surface area contributed by atoms with Crippen LogP contribution >= 0.6 is 0 Å². The van der Waals surface area contributed by atoms with Crippen molar-refractivity contribution < 1.29 is 14.2 Å². The summed E-state index contributed by atoms with van der Waals surface area (Å²) in [7, 11) is 7.22. The number of aromatic amines is 1. The Hall–Kier alpha value is -1.96. The van der Waals surface area contributed by atoms with Crippen molar-refractivity contribution in [2.45, 2.75) is 18.9 Å². The zero-order chi connectivity index (χ0) is 19.7. The van der Waals surface area contributed by atoms with Gasteiger partial charge in [-0.25, -0.2) is 0 Å². The molecule has 0 bridgehead atoms. The highest BCUT2D eigenvalue weighted by atomic mass is 16.5. The monoisotopic (exact) mass is 388 g/mol. The van der Waals surface area contributed by atoms with E-state index in [0.29, 0.717) is 17.5 Å². The van der Waals surface area contributed by atoms with Crippen LogP contribution in [-0.4, -0.2) is 82.4 Å². The minimum Gasteiger partial charge on any atom is -0.493 e. The van der Waals surface area contributed by atoms with Crippen molar-refractivity contribution in [3.8, 4) is 17.2 Å². The normalized spacial score (nSPS) is 20.9. The van der Waals surface area contributed by atoms with Crippen molar-refractivity contribution in [2.75, 3.05) is 67.6 Å². The highest BCUT2D eigenvalue weighted by Crippen LogP contribution is 2.46. The maximum atomic E-state index is 5.76. The standard InChI is InChI=1S/C21H32N4O3/c1-24-9-11-25(12-10-24)8-6-15-19-14(5-7-22-15)18-16(23-19)13-17(26-2)20(27-3)21(18)28-4/h13,15,22-23H,5-12H2,1-4H3/t15-/m0/s1. The predicted octanol–water partition coefficient (Wildman–Crippen LogP) is 2.02. The molecule has 0 amide bonds. The maximum absolute atomic E-state index is 5.76. The van der Waals surface area contributed by atoms with Crippen LogP contribution in [-0.2, 0) is 6.42 Å². The molecule has 3 heterocycles. The summed E-state index contributed by atoms with van der Waals surface area (Å²) in [5, 5.41) is 4.83. The van der Waals surface area contributed by atoms with E-state index >= 15 is 0 Å². The molecule has 1 fully saturated rings. The lowest BCUT2D eigenvalue weighted by molar-refractivity contribution is 0.148. The summed E-state index contributed by atoms with van der Waals surface area (Å²) < 4.78 is 16.9. The molecule has 4 rings (SSSR count). The number of hydrogen-bond acceptors (Lipinski definition) is 6. The van der Waals surface area contributed by atoms with Gasteiger partial charge in [-0.1, -0.05) is 0 Å². The van der Waals surface area contributed by atoms with Crippen LogP contribution < -0.4 is 19.5 Å². The van der Waals surface area contributed by atoms with Gasteiger partial charge in [-0.3, -0.25) is 0 Å². The highest BCUT2D eigenvalue weighted by molar-refractivity contribution is 5.95. The highest BCUT2D eigenvalue weighted by Gasteiger charge is 2.28. The Bertz CT molecular complexity index is 827. The molecule has 28 heavy (non-hydrogen) atoms. The van der Waals surface area contributed by atoms with Crippen molar-refractivity contribution in [1.82, 2.24) is 20.1 Å². The number of aromatic nitrogens is 1. The van der Waals surface area contributed by atoms with Gasteiger partial charge in [0.1, 0.15) is 0 Å². The Kier molecular flexibility index (Phi) is 5.66. The van der Waals surface area contributed by atoms with Gasteiger partial charge in [-0.05, 0) is 32.0 Å². The van der Waals surface area contributed by atoms with E-state index < -0.39 is 0 Å². The molecule has 0 unspecified atom stereocenters. The first-order valence-electron chi connectivity index (χ1n) is 10.1. The Morgan fingerprint density at radius 1 is 1.04 bits per heavy atom. The lowest BCUT2D eigenvalue weighted by Gasteiger charge is -2.34. The molecule has 2 aliphatic heterocycles. The van der Waals surface area contributed by atoms with Crippen molar-refractivity contribution in [1.29, 1.82) is 0 Å². The van der Waals surface area contributed by atoms with Crippen molar-refractivity contribution >= 4 is 10.9 Å². The number of methoxy groups -OCH3 is 3. The molecule has 1 atom stereocenters. The molecule has 0 radical (unpaired) electrons. The molecule has 2 aromatic rings. The molecular weight excluding hydrogens is 356 g/mol. The predicted molar refractivity (Wildman–Crippen MR) is 111 cm³/mol. The summed E-state index contributed by atoms with van der Waals surface area (Å²) >= 11 is 0. The first-order valence-corrected chi connectivity index (χ1v) is 10.1. The van der Waals surface area contributed by atoms with Gasteiger partial charge in [0.25, 0.3) is 0 Å². The van der Waals surface area contributed by atoms with Crippen molar-refractivity contribution in [3.63, 3.8) is 0 Å². The number of nitrogens with zero attached hydrogens (tertiary/aromatic N) is 2. The number of likely N-dealkylation sites (N-methyl/N-ethyl adjacent to an activating group) is 1. The van der Waals surface area contributed by atoms with E-state index in [2.05, 4.69) is 27.1 Å². The molecule has 0 aliphatic carbocycles. The summed E-state index contributed by atoms with van der Waals surface area (Å²) in [6, 6.07) is 2.35. The summed E-state index contributed by atoms with van der Waals surface area (Å²) in [6.07, 6.45) is 2.08. The number of benzene rings is 1. The first kappa shape index (κ1) is 19.4. The third-order valence-corrected chi connectivity index (χ3v) is 6.17. The minimum atomic E-state index is 0.331. The second kappa shape index (κ2) is 8.19. The fourth-order valence-corrected chi connectivity index (χ4v) is 4.57. The van der Waals surface area contributed by atoms with Crippen LogP contribution in [0.25, 0.3) is 10.9 Å². The van der Waals surface area contributed by atoms with Gasteiger partial charge >= 0.3 is 0 Å². The molecule has 2 aliphatic rings. The topological polar surface area (TPSA) is 62.0 Å². The van der Waals surface area contributed by atoms with E-state index in [1.807, 2.05) is 6.07 Å². The zero-order valence-electron chi connectivity index (χ0n) is 17.4. The Labute approximate surface area is 166 Å². The van der Waals surface area contributed by atoms with Gasteiger partial charge in [0, 0.05) is 55.9 Å². The van der Waals surface area contributed by atoms with E-state index in [1.165, 1.54) is 11.3 Å². The molecule has 2 N–H and O–H groups in total. The van der Waals surface area contributed by atoms with Crippen LogP contribution in [0, 0.1) is 0 Å². The summed E-state index contributed by atoms with van der Waals surface area (Å²) in [5.41, 5.74) is 3.67. The molecule has 7 nitrogen and oxygen atoms in total. The fourth-order valence-electron chi connectivity index (χ4n) is 4.57. The molecule has 1 aromatic heterocycles. The molecule has 1 saturated heterocycles. The van der Waals surface area contributed by atoms with E-state index in [0.717, 1.165) is 68.8 Å². The number of H-pyrrole nitrogens is 1. The van der Waals surface area contributed by atoms with E-state index in [9.17, 15) is 0 Å². The van der Waals surface area contributed by atoms with Crippen LogP contribution in [0.3, 0.4) is 0 Å². The summed E-state index contributed by atoms with van der Waals surface area (Å²) in [6.45, 7) is 6.73. The average Bonchev–Trinajstić information content (AvgIpc) is 3.10. The van der Waals surface area contributed by atoms with E-state index in [4.69, 9.17) is 14.2 Å². The minimum absolute atomic E-state index is 0.331. The van der Waals surface area contributed by atoms with Gasteiger partial charge in [0.05, 0.1) is 26.8 Å². The van der Waals surface area contributed by atoms with Crippen molar-refractivity contribution in [2.24, 2.45) is 0 Å². The summed E-state index contributed by atoms with van der Waals surface area (Å²) in [5.74, 6) is 2.10. The second-order valence-electron chi connectivity index (χ2n) is 7.78. The second-order valence-corrected chi connectivity index (χ2v) is 7.78. The fraction of sp³-hybridized carbons (Fsp3) is 0.619. The maximum Gasteiger partial charge on any atom is 0.204 e. The number of hydrogen-bond donors (Lipinski definition) is 2. The van der Waals surface area contributed by atoms with Gasteiger partial charge in [0.2, 0.25) is 5.75 Å². The lowest BCUT2D eigenvalue weighted by Crippen LogP contribution is -2.45. The molecular formula is C21H32N4O3. The number of ether oxygens (including phenoxy) is 3. The van der Waals surface area contributed by atoms with Gasteiger partial charge < -0.3 is 34.3 Å². The number of fused-ring (bicyclic) bond motifs is 3. The quantitative estimate of drug-likeness (QED) is 0.790. The Morgan fingerprint density at radius 3 is 2.46 bits per heavy atom. The van der Waals surface area contributed by atoms with E-state index in [-0.39, 0.29) is 0 Å². The van der Waals surface area contributed by atoms with E-state index in [1.54, 1.807) is 21.3 Å². The Morgan fingerprint density at radius 2 is 1.79 bits per heavy atom. The van der Waals surface area contributed by atoms with Crippen molar-refractivity contribution in [3.05, 3.63) is 17.3 Å². The lowest BCUT2D eigenvalue weighted by atomic mass is 9.96. The van der Waals surface area contributed by atoms with Crippen LogP contribution in [0.15, 0.2) is 6.07 Å². The third-order valence-electron chi connectivity index (χ3n) is 6.17. The first-order chi connectivity index (χ1) is 13.7. The van der Waals surface area contributed by atoms with Crippen LogP contribution in [0.1, 0.15) is 23.7 Å². The SMILES string of the molecule is COc1cc2[nH]c3c(c2c(OC)c1OC)CCN[C@H]3CCN1CCN(C)CC1. The molecule has 0 saturated carbocycles. The summed E-state index contributed by atoms with van der Waals surface area (Å²) in [4.78, 5) is 8.63. The average molecular weight is 389 g/mol. The smallest absolute Gasteiger partial charge is 0.204 e. The zero-order valence-corrected chi connectivity index (χ0v) is 17.4. The van der Waals surface area contributed by atoms with Crippen LogP contribution in [0.4, 0.5) is 0 Å².